The Labute approximate surface area is 134 Å². The maximum absolute atomic E-state index is 4.27. The van der Waals surface area contributed by atoms with Crippen LogP contribution in [0.15, 0.2) is 22.9 Å². The number of allylic oxidation sites excluding steroid dienone is 2. The molecule has 1 nitrogen and oxygen atoms in total. The molecule has 1 heterocycles. The van der Waals surface area contributed by atoms with Gasteiger partial charge < -0.3 is 0 Å². The molecule has 17 heavy (non-hydrogen) atoms. The largest absolute Gasteiger partial charge is 0.244 e. The summed E-state index contributed by atoms with van der Waals surface area (Å²) in [6.07, 6.45) is 7.43. The summed E-state index contributed by atoms with van der Waals surface area (Å²) in [5.41, 5.74) is 7.47. The van der Waals surface area contributed by atoms with E-state index in [0.717, 1.165) is 12.1 Å². The molecule has 0 amide bonds. The molecule has 0 N–H and O–H groups in total. The second-order valence-electron chi connectivity index (χ2n) is 3.51. The topological polar surface area (TPSA) is 12.9 Å². The summed E-state index contributed by atoms with van der Waals surface area (Å²) in [5, 5.41) is 0. The van der Waals surface area contributed by atoms with Crippen molar-refractivity contribution in [3.63, 3.8) is 0 Å². The third-order valence-corrected chi connectivity index (χ3v) is 3.36. The van der Waals surface area contributed by atoms with Crippen LogP contribution in [0.25, 0.3) is 12.2 Å². The molecular weight excluding hydrogens is 303 g/mol. The number of nitrogens with zero attached hydrogens (tertiary/aromatic N) is 1. The van der Waals surface area contributed by atoms with Crippen LogP contribution in [-0.2, 0) is 32.7 Å². The van der Waals surface area contributed by atoms with Gasteiger partial charge in [0, 0.05) is 38.8 Å². The zero-order valence-corrected chi connectivity index (χ0v) is 14.7. The van der Waals surface area contributed by atoms with E-state index < -0.39 is 0 Å². The van der Waals surface area contributed by atoms with Gasteiger partial charge in [-0.15, -0.1) is 17.1 Å². The van der Waals surface area contributed by atoms with Crippen molar-refractivity contribution >= 4 is 23.5 Å². The number of thiazole rings is 1. The molecule has 1 aliphatic rings. The fourth-order valence-electron chi connectivity index (χ4n) is 1.41. The van der Waals surface area contributed by atoms with Crippen molar-refractivity contribution in [2.45, 2.75) is 34.1 Å². The van der Waals surface area contributed by atoms with Gasteiger partial charge in [0.1, 0.15) is 0 Å². The van der Waals surface area contributed by atoms with Gasteiger partial charge in [0.05, 0.1) is 16.1 Å². The summed E-state index contributed by atoms with van der Waals surface area (Å²) in [7, 11) is 0. The van der Waals surface area contributed by atoms with Crippen LogP contribution in [0.4, 0.5) is 0 Å². The average molecular weight is 322 g/mol. The van der Waals surface area contributed by atoms with Crippen molar-refractivity contribution in [3.8, 4) is 0 Å². The number of fused-ring (bicyclic) bond motifs is 1. The molecule has 1 radical (unpaired) electrons. The first kappa shape index (κ1) is 17.0. The molecule has 0 aliphatic heterocycles. The molecule has 89 valence electrons. The van der Waals surface area contributed by atoms with Gasteiger partial charge in [-0.1, -0.05) is 27.7 Å². The first-order valence-electron chi connectivity index (χ1n) is 5.89. The zero-order chi connectivity index (χ0) is 12.0. The maximum Gasteiger partial charge on any atom is 0.0889 e. The molecule has 1 aliphatic carbocycles. The minimum Gasteiger partial charge on any atom is -0.244 e. The van der Waals surface area contributed by atoms with Gasteiger partial charge >= 0.3 is 0 Å². The van der Waals surface area contributed by atoms with E-state index in [1.165, 1.54) is 10.5 Å². The molecule has 0 spiro atoms. The van der Waals surface area contributed by atoms with Crippen molar-refractivity contribution in [2.24, 2.45) is 5.92 Å². The fourth-order valence-corrected chi connectivity index (χ4v) is 2.13. The van der Waals surface area contributed by atoms with Gasteiger partial charge in [-0.2, -0.15) is 0 Å². The van der Waals surface area contributed by atoms with E-state index in [0.29, 0.717) is 5.92 Å². The molecule has 0 fully saturated rings. The molecule has 1 aromatic rings. The quantitative estimate of drug-likeness (QED) is 0.714. The van der Waals surface area contributed by atoms with Gasteiger partial charge in [-0.05, 0) is 30.1 Å². The Morgan fingerprint density at radius 3 is 2.71 bits per heavy atom. The first-order chi connectivity index (χ1) is 7.81. The Bertz CT molecular complexity index is 425. The van der Waals surface area contributed by atoms with E-state index in [9.17, 15) is 0 Å². The summed E-state index contributed by atoms with van der Waals surface area (Å²) in [5.74, 6) is 0.601. The monoisotopic (exact) mass is 322 g/mol. The van der Waals surface area contributed by atoms with Crippen molar-refractivity contribution in [1.82, 2.24) is 4.98 Å². The van der Waals surface area contributed by atoms with E-state index in [2.05, 4.69) is 36.7 Å². The van der Waals surface area contributed by atoms with Gasteiger partial charge in [-0.3, -0.25) is 0 Å². The zero-order valence-electron chi connectivity index (χ0n) is 11.0. The Morgan fingerprint density at radius 1 is 1.35 bits per heavy atom. The molecular formula is C14H19NSY. The van der Waals surface area contributed by atoms with Crippen molar-refractivity contribution < 1.29 is 32.7 Å². The van der Waals surface area contributed by atoms with Gasteiger partial charge in [0.25, 0.3) is 0 Å². The molecule has 1 atom stereocenters. The summed E-state index contributed by atoms with van der Waals surface area (Å²) < 4.78 is 0. The molecule has 3 heteroatoms. The van der Waals surface area contributed by atoms with Crippen molar-refractivity contribution in [2.75, 3.05) is 0 Å². The van der Waals surface area contributed by atoms with E-state index in [-0.39, 0.29) is 32.7 Å². The summed E-state index contributed by atoms with van der Waals surface area (Å²) in [6, 6.07) is 0. The third kappa shape index (κ3) is 4.64. The number of rotatable bonds is 2. The van der Waals surface area contributed by atoms with Gasteiger partial charge in [0.2, 0.25) is 0 Å². The van der Waals surface area contributed by atoms with Crippen LogP contribution in [0.1, 0.15) is 44.7 Å². The number of hydrogen-bond acceptors (Lipinski definition) is 2. The Kier molecular flexibility index (Phi) is 8.99. The second-order valence-corrected chi connectivity index (χ2v) is 4.40. The number of aromatic nitrogens is 1. The van der Waals surface area contributed by atoms with Crippen LogP contribution in [0, 0.1) is 5.92 Å². The summed E-state index contributed by atoms with van der Waals surface area (Å²) in [4.78, 5) is 5.52. The molecule has 0 saturated heterocycles. The maximum atomic E-state index is 4.27. The third-order valence-electron chi connectivity index (χ3n) is 2.57. The molecule has 2 rings (SSSR count). The van der Waals surface area contributed by atoms with Gasteiger partial charge in [-0.25, -0.2) is 4.98 Å². The Morgan fingerprint density at radius 2 is 2.06 bits per heavy atom. The normalized spacial score (nSPS) is 13.5. The first-order valence-corrected chi connectivity index (χ1v) is 6.76. The van der Waals surface area contributed by atoms with Crippen LogP contribution in [0.5, 0.6) is 0 Å². The van der Waals surface area contributed by atoms with E-state index >= 15 is 0 Å². The fraction of sp³-hybridized carbons (Fsp3) is 0.429. The minimum atomic E-state index is 0. The Balaban J connectivity index is 0.000000811. The SMILES string of the molecule is CC.CCC(C)C1=Cc2scnc2C=C=C1.[Y]. The molecule has 0 bridgehead atoms. The molecule has 0 saturated carbocycles. The van der Waals surface area contributed by atoms with Crippen LogP contribution < -0.4 is 0 Å². The van der Waals surface area contributed by atoms with Crippen LogP contribution in [-0.4, -0.2) is 4.98 Å². The number of hydrogen-bond donors (Lipinski definition) is 0. The molecule has 0 aromatic carbocycles. The van der Waals surface area contributed by atoms with E-state index in [1.54, 1.807) is 11.3 Å². The van der Waals surface area contributed by atoms with E-state index in [1.807, 2.05) is 25.4 Å². The van der Waals surface area contributed by atoms with Crippen LogP contribution in [0.3, 0.4) is 0 Å². The smallest absolute Gasteiger partial charge is 0.0889 e. The van der Waals surface area contributed by atoms with Crippen molar-refractivity contribution in [1.29, 1.82) is 0 Å². The average Bonchev–Trinajstić information content (AvgIpc) is 2.68. The summed E-state index contributed by atoms with van der Waals surface area (Å²) in [6.45, 7) is 8.46. The minimum absolute atomic E-state index is 0. The van der Waals surface area contributed by atoms with Gasteiger partial charge in [0.15, 0.2) is 0 Å². The van der Waals surface area contributed by atoms with Crippen molar-refractivity contribution in [3.05, 3.63) is 33.5 Å². The predicted octanol–water partition coefficient (Wildman–Crippen LogP) is 4.78. The Hall–Kier alpha value is -0.00610. The standard InChI is InChI=1S/C12H13NS.C2H6.Y/c1-3-9(2)10-5-4-6-11-12(7-10)14-8-13-11;1-2;/h5-9H,3H2,1-2H3;1-2H3;. The second kappa shape index (κ2) is 8.99. The predicted molar refractivity (Wildman–Crippen MR) is 73.4 cm³/mol. The van der Waals surface area contributed by atoms with Crippen LogP contribution >= 0.6 is 11.3 Å². The summed E-state index contributed by atoms with van der Waals surface area (Å²) >= 11 is 1.69. The molecule has 1 aromatic heterocycles. The van der Waals surface area contributed by atoms with Crippen LogP contribution in [0.2, 0.25) is 0 Å². The van der Waals surface area contributed by atoms with E-state index in [4.69, 9.17) is 0 Å². The molecule has 1 unspecified atom stereocenters.